The van der Waals surface area contributed by atoms with E-state index in [2.05, 4.69) is 53.7 Å². The van der Waals surface area contributed by atoms with Crippen LogP contribution in [0.2, 0.25) is 0 Å². The van der Waals surface area contributed by atoms with Gasteiger partial charge in [-0.2, -0.15) is 4.31 Å². The van der Waals surface area contributed by atoms with Crippen LogP contribution in [-0.2, 0) is 14.8 Å². The van der Waals surface area contributed by atoms with Gasteiger partial charge in [0.2, 0.25) is 15.4 Å². The highest BCUT2D eigenvalue weighted by Gasteiger charge is 2.40. The molecule has 0 aromatic heterocycles. The van der Waals surface area contributed by atoms with E-state index in [1.165, 1.54) is 26.2 Å². The van der Waals surface area contributed by atoms with Gasteiger partial charge < -0.3 is 9.64 Å². The molecule has 1 aromatic rings. The van der Waals surface area contributed by atoms with Crippen molar-refractivity contribution in [1.82, 2.24) is 13.9 Å². The molecule has 1 aromatic carbocycles. The van der Waals surface area contributed by atoms with Gasteiger partial charge in [-0.25, -0.2) is 18.0 Å². The Hall–Kier alpha value is -2.07. The second kappa shape index (κ2) is 10.2. The van der Waals surface area contributed by atoms with Gasteiger partial charge in [-0.05, 0) is 55.4 Å². The van der Waals surface area contributed by atoms with Crippen molar-refractivity contribution in [3.05, 3.63) is 41.3 Å². The first-order valence-electron chi connectivity index (χ1n) is 13.7. The van der Waals surface area contributed by atoms with Gasteiger partial charge in [-0.1, -0.05) is 13.8 Å². The van der Waals surface area contributed by atoms with Gasteiger partial charge in [0.25, 0.3) is 0 Å². The first-order chi connectivity index (χ1) is 17.9. The molecular formula is C28H37N4O3S2+. The lowest BCUT2D eigenvalue weighted by Crippen LogP contribution is -2.39. The van der Waals surface area contributed by atoms with Gasteiger partial charge in [0.1, 0.15) is 13.2 Å². The van der Waals surface area contributed by atoms with Crippen LogP contribution in [0.1, 0.15) is 51.0 Å². The molecule has 3 heterocycles. The quantitative estimate of drug-likeness (QED) is 0.364. The topological polar surface area (TPSA) is 65.8 Å². The lowest BCUT2D eigenvalue weighted by Gasteiger charge is -2.26. The molecule has 2 saturated heterocycles. The van der Waals surface area contributed by atoms with Gasteiger partial charge in [0.15, 0.2) is 13.1 Å². The van der Waals surface area contributed by atoms with E-state index in [0.29, 0.717) is 19.0 Å². The molecule has 0 amide bonds. The third kappa shape index (κ3) is 5.03. The number of hydrogen-bond acceptors (Lipinski definition) is 6. The highest BCUT2D eigenvalue weighted by atomic mass is 32.2. The van der Waals surface area contributed by atoms with Gasteiger partial charge in [0.05, 0.1) is 26.0 Å². The van der Waals surface area contributed by atoms with E-state index in [9.17, 15) is 8.42 Å². The first-order valence-corrected chi connectivity index (χ1v) is 16.0. The van der Waals surface area contributed by atoms with Crippen molar-refractivity contribution in [3.63, 3.8) is 0 Å². The third-order valence-electron chi connectivity index (χ3n) is 8.13. The zero-order chi connectivity index (χ0) is 25.6. The van der Waals surface area contributed by atoms with Crippen LogP contribution in [0.3, 0.4) is 0 Å². The fourth-order valence-electron chi connectivity index (χ4n) is 5.51. The standard InChI is InChI=1S/C28H37N4O3S2/c1-3-20(2)24-17-22(30-9-4-10-32(12-11-30)37(33,34)23-6-7-23)19-27-28(24)29-25-8-5-21(18-26(25)36-27)31-13-15-35-16-14-31/h5,8,17-20,23H,3-4,6-7,9-16H2,1-2H3/q+1. The summed E-state index contributed by atoms with van der Waals surface area (Å²) in [6, 6.07) is 11.2. The normalized spacial score (nSPS) is 20.9. The molecule has 2 aliphatic carbocycles. The predicted octanol–water partition coefficient (Wildman–Crippen LogP) is 3.72. The zero-order valence-electron chi connectivity index (χ0n) is 21.9. The number of anilines is 1. The van der Waals surface area contributed by atoms with E-state index in [0.717, 1.165) is 76.3 Å². The van der Waals surface area contributed by atoms with Crippen LogP contribution >= 0.6 is 11.3 Å². The Morgan fingerprint density at radius 3 is 2.68 bits per heavy atom. The maximum Gasteiger partial charge on any atom is 0.217 e. The van der Waals surface area contributed by atoms with Gasteiger partial charge in [-0.3, -0.25) is 0 Å². The number of sulfonamides is 1. The highest BCUT2D eigenvalue weighted by Crippen LogP contribution is 2.38. The number of ether oxygens (including phenoxy) is 1. The summed E-state index contributed by atoms with van der Waals surface area (Å²) in [5, 5.41) is 1.09. The maximum atomic E-state index is 12.9. The molecule has 0 radical (unpaired) electrons. The van der Waals surface area contributed by atoms with Crippen LogP contribution in [0.15, 0.2) is 30.3 Å². The number of fused-ring (bicyclic) bond motifs is 2. The van der Waals surface area contributed by atoms with Crippen LogP contribution in [0, 0.1) is 0 Å². The average molecular weight is 542 g/mol. The minimum Gasteiger partial charge on any atom is -0.370 e. The van der Waals surface area contributed by atoms with Crippen molar-refractivity contribution in [2.45, 2.75) is 50.7 Å². The van der Waals surface area contributed by atoms with Crippen molar-refractivity contribution in [2.75, 3.05) is 57.4 Å². The number of morpholine rings is 1. The molecule has 1 saturated carbocycles. The Kier molecular flexibility index (Phi) is 6.98. The largest absolute Gasteiger partial charge is 0.370 e. The van der Waals surface area contributed by atoms with Crippen LogP contribution in [0.25, 0.3) is 20.8 Å². The SMILES string of the molecule is CCC(C)c1cc(N2CCCN(S(=O)(=O)C3CC3)CC2)cc2sc3cc(=[N+]4CCOCC4)ccc-3nc12. The molecule has 9 heteroatoms. The second-order valence-corrected chi connectivity index (χ2v) is 13.9. The molecule has 6 rings (SSSR count). The third-order valence-corrected chi connectivity index (χ3v) is 11.6. The van der Waals surface area contributed by atoms with E-state index in [4.69, 9.17) is 9.72 Å². The fourth-order valence-corrected chi connectivity index (χ4v) is 8.45. The van der Waals surface area contributed by atoms with E-state index in [1.54, 1.807) is 4.31 Å². The minimum absolute atomic E-state index is 0.139. The highest BCUT2D eigenvalue weighted by molar-refractivity contribution is 7.90. The Labute approximate surface area is 223 Å². The van der Waals surface area contributed by atoms with Crippen LogP contribution in [-0.4, -0.2) is 75.4 Å². The number of hydrogen-bond donors (Lipinski definition) is 0. The molecular weight excluding hydrogens is 504 g/mol. The molecule has 1 unspecified atom stereocenters. The summed E-state index contributed by atoms with van der Waals surface area (Å²) in [4.78, 5) is 8.75. The zero-order valence-corrected chi connectivity index (χ0v) is 23.5. The van der Waals surface area contributed by atoms with Crippen molar-refractivity contribution in [1.29, 1.82) is 0 Å². The molecule has 0 bridgehead atoms. The Bertz CT molecular complexity index is 1440. The van der Waals surface area contributed by atoms with Gasteiger partial charge >= 0.3 is 0 Å². The van der Waals surface area contributed by atoms with E-state index in [-0.39, 0.29) is 5.25 Å². The van der Waals surface area contributed by atoms with Gasteiger partial charge in [0, 0.05) is 44.0 Å². The summed E-state index contributed by atoms with van der Waals surface area (Å²) >= 11 is 1.82. The molecule has 1 atom stereocenters. The lowest BCUT2D eigenvalue weighted by molar-refractivity contribution is 0.0966. The summed E-state index contributed by atoms with van der Waals surface area (Å²) in [7, 11) is -3.13. The number of nitrogens with zero attached hydrogens (tertiary/aromatic N) is 4. The predicted molar refractivity (Wildman–Crippen MR) is 151 cm³/mol. The molecule has 5 aliphatic rings. The van der Waals surface area contributed by atoms with E-state index in [1.807, 2.05) is 11.3 Å². The molecule has 7 nitrogen and oxygen atoms in total. The van der Waals surface area contributed by atoms with Crippen molar-refractivity contribution in [2.24, 2.45) is 0 Å². The van der Waals surface area contributed by atoms with Crippen LogP contribution < -0.4 is 14.8 Å². The molecule has 0 spiro atoms. The summed E-state index contributed by atoms with van der Waals surface area (Å²) in [6.45, 7) is 10.7. The van der Waals surface area contributed by atoms with E-state index < -0.39 is 10.0 Å². The number of benzene rings is 2. The van der Waals surface area contributed by atoms with Crippen molar-refractivity contribution < 1.29 is 13.2 Å². The first kappa shape index (κ1) is 25.2. The maximum absolute atomic E-state index is 12.9. The minimum atomic E-state index is -3.13. The average Bonchev–Trinajstić information content (AvgIpc) is 3.79. The van der Waals surface area contributed by atoms with E-state index >= 15 is 0 Å². The van der Waals surface area contributed by atoms with Crippen molar-refractivity contribution in [3.8, 4) is 10.6 Å². The summed E-state index contributed by atoms with van der Waals surface area (Å²) in [5.41, 5.74) is 4.62. The number of rotatable bonds is 5. The fraction of sp³-hybridized carbons (Fsp3) is 0.571. The smallest absolute Gasteiger partial charge is 0.217 e. The molecule has 0 N–H and O–H groups in total. The summed E-state index contributed by atoms with van der Waals surface area (Å²) < 4.78 is 36.6. The molecule has 3 fully saturated rings. The second-order valence-electron chi connectivity index (χ2n) is 10.6. The Balaban J connectivity index is 1.39. The molecule has 37 heavy (non-hydrogen) atoms. The lowest BCUT2D eigenvalue weighted by atomic mass is 9.96. The molecule has 198 valence electrons. The summed E-state index contributed by atoms with van der Waals surface area (Å²) in [5.74, 6) is 0.394. The van der Waals surface area contributed by atoms with Crippen LogP contribution in [0.4, 0.5) is 5.69 Å². The van der Waals surface area contributed by atoms with Crippen molar-refractivity contribution >= 4 is 37.3 Å². The number of aromatic nitrogens is 1. The van der Waals surface area contributed by atoms with Crippen LogP contribution in [0.5, 0.6) is 0 Å². The summed E-state index contributed by atoms with van der Waals surface area (Å²) in [6.07, 6.45) is 3.54. The Morgan fingerprint density at radius 1 is 1.11 bits per heavy atom. The van der Waals surface area contributed by atoms with Gasteiger partial charge in [-0.15, -0.1) is 11.3 Å². The monoisotopic (exact) mass is 541 g/mol. The molecule has 3 aliphatic heterocycles. The Morgan fingerprint density at radius 2 is 1.92 bits per heavy atom.